The quantitative estimate of drug-likeness (QED) is 0.861. The van der Waals surface area contributed by atoms with Crippen molar-refractivity contribution in [2.75, 3.05) is 0 Å². The number of hydrogen-bond acceptors (Lipinski definition) is 3. The predicted molar refractivity (Wildman–Crippen MR) is 87.7 cm³/mol. The van der Waals surface area contributed by atoms with E-state index in [0.29, 0.717) is 13.0 Å². The van der Waals surface area contributed by atoms with Crippen molar-refractivity contribution in [3.05, 3.63) is 30.0 Å². The number of fused-ring (bicyclic) bond motifs is 1. The predicted octanol–water partition coefficient (Wildman–Crippen LogP) is 2.94. The smallest absolute Gasteiger partial charge is 0.320 e. The maximum absolute atomic E-state index is 11.4. The van der Waals surface area contributed by atoms with E-state index in [1.54, 1.807) is 0 Å². The fraction of sp³-hybridized carbons (Fsp3) is 0.529. The van der Waals surface area contributed by atoms with Gasteiger partial charge in [-0.05, 0) is 29.9 Å². The Kier molecular flexibility index (Phi) is 4.86. The van der Waals surface area contributed by atoms with Gasteiger partial charge in [-0.3, -0.25) is 9.48 Å². The molecular weight excluding hydrogens is 278 g/mol. The number of benzene rings is 1. The average molecular weight is 303 g/mol. The second kappa shape index (κ2) is 6.48. The molecule has 2 rings (SSSR count). The van der Waals surface area contributed by atoms with Crippen molar-refractivity contribution >= 4 is 16.9 Å². The number of carbonyl (C=O) groups is 1. The minimum absolute atomic E-state index is 0.142. The second-order valence-electron chi connectivity index (χ2n) is 7.03. The first-order valence-corrected chi connectivity index (χ1v) is 7.63. The number of rotatable bonds is 6. The van der Waals surface area contributed by atoms with Crippen LogP contribution in [0.3, 0.4) is 0 Å². The zero-order valence-electron chi connectivity index (χ0n) is 13.8. The van der Waals surface area contributed by atoms with E-state index in [2.05, 4.69) is 37.3 Å². The first-order valence-electron chi connectivity index (χ1n) is 7.63. The second-order valence-corrected chi connectivity index (χ2v) is 7.03. The number of aromatic nitrogens is 2. The summed E-state index contributed by atoms with van der Waals surface area (Å²) in [6.07, 6.45) is 3.33. The van der Waals surface area contributed by atoms with E-state index in [1.807, 2.05) is 30.1 Å². The molecule has 0 saturated heterocycles. The molecular formula is C17H25N3O2. The summed E-state index contributed by atoms with van der Waals surface area (Å²) in [4.78, 5) is 11.4. The summed E-state index contributed by atoms with van der Waals surface area (Å²) < 4.78 is 1.83. The lowest BCUT2D eigenvalue weighted by Crippen LogP contribution is -2.37. The number of aliphatic carboxylic acids is 1. The van der Waals surface area contributed by atoms with Crippen LogP contribution >= 0.6 is 0 Å². The molecule has 1 atom stereocenters. The number of carboxylic acid groups (broad SMARTS) is 1. The van der Waals surface area contributed by atoms with Gasteiger partial charge in [-0.1, -0.05) is 32.9 Å². The third-order valence-corrected chi connectivity index (χ3v) is 3.85. The maximum Gasteiger partial charge on any atom is 0.320 e. The third kappa shape index (κ3) is 4.31. The Morgan fingerprint density at radius 3 is 2.77 bits per heavy atom. The Bertz CT molecular complexity index is 655. The molecule has 0 unspecified atom stereocenters. The van der Waals surface area contributed by atoms with E-state index in [4.69, 9.17) is 0 Å². The largest absolute Gasteiger partial charge is 0.480 e. The van der Waals surface area contributed by atoms with Crippen LogP contribution in [0.2, 0.25) is 0 Å². The lowest BCUT2D eigenvalue weighted by atomic mass is 9.88. The lowest BCUT2D eigenvalue weighted by Gasteiger charge is -2.21. The minimum Gasteiger partial charge on any atom is -0.480 e. The van der Waals surface area contributed by atoms with Gasteiger partial charge in [-0.2, -0.15) is 5.10 Å². The average Bonchev–Trinajstić information content (AvgIpc) is 2.78. The molecule has 0 fully saturated rings. The van der Waals surface area contributed by atoms with E-state index in [0.717, 1.165) is 22.9 Å². The molecule has 5 heteroatoms. The Hall–Kier alpha value is -1.88. The van der Waals surface area contributed by atoms with Crippen LogP contribution in [0.1, 0.15) is 39.2 Å². The number of nitrogens with one attached hydrogen (secondary N) is 1. The van der Waals surface area contributed by atoms with Crippen molar-refractivity contribution in [1.29, 1.82) is 0 Å². The van der Waals surface area contributed by atoms with E-state index in [-0.39, 0.29) is 5.41 Å². The van der Waals surface area contributed by atoms with Gasteiger partial charge in [0, 0.05) is 19.0 Å². The Balaban J connectivity index is 2.01. The molecule has 0 radical (unpaired) electrons. The summed E-state index contributed by atoms with van der Waals surface area (Å²) in [6, 6.07) is 5.57. The molecule has 0 bridgehead atoms. The summed E-state index contributed by atoms with van der Waals surface area (Å²) in [5, 5.41) is 17.8. The van der Waals surface area contributed by atoms with Gasteiger partial charge in [0.25, 0.3) is 0 Å². The molecule has 0 aliphatic carbocycles. The molecule has 2 aromatic rings. The highest BCUT2D eigenvalue weighted by Crippen LogP contribution is 2.22. The molecule has 0 spiro atoms. The van der Waals surface area contributed by atoms with Gasteiger partial charge in [-0.25, -0.2) is 0 Å². The molecule has 5 nitrogen and oxygen atoms in total. The standard InChI is InChI=1S/C17H25N3O2/c1-17(2,3)8-7-14(16(21)22)18-10-12-5-6-13-11-19-20(4)15(13)9-12/h5-6,9,11,14,18H,7-8,10H2,1-4H3,(H,21,22)/t14-/m0/s1. The fourth-order valence-corrected chi connectivity index (χ4v) is 2.43. The van der Waals surface area contributed by atoms with Gasteiger partial charge in [0.1, 0.15) is 6.04 Å². The van der Waals surface area contributed by atoms with E-state index < -0.39 is 12.0 Å². The molecule has 2 N–H and O–H groups in total. The van der Waals surface area contributed by atoms with E-state index in [1.165, 1.54) is 0 Å². The number of aryl methyl sites for hydroxylation is 1. The van der Waals surface area contributed by atoms with Crippen molar-refractivity contribution in [3.8, 4) is 0 Å². The zero-order valence-corrected chi connectivity index (χ0v) is 13.8. The SMILES string of the molecule is Cn1ncc2ccc(CN[C@@H](CCC(C)(C)C)C(=O)O)cc21. The molecule has 0 aliphatic heterocycles. The van der Waals surface area contributed by atoms with E-state index >= 15 is 0 Å². The van der Waals surface area contributed by atoms with Crippen LogP contribution in [0, 0.1) is 5.41 Å². The van der Waals surface area contributed by atoms with Gasteiger partial charge in [0.05, 0.1) is 11.7 Å². The number of hydrogen-bond donors (Lipinski definition) is 2. The lowest BCUT2D eigenvalue weighted by molar-refractivity contribution is -0.139. The molecule has 120 valence electrons. The van der Waals surface area contributed by atoms with Gasteiger partial charge < -0.3 is 10.4 Å². The van der Waals surface area contributed by atoms with Crippen LogP contribution < -0.4 is 5.32 Å². The molecule has 1 aromatic heterocycles. The van der Waals surface area contributed by atoms with E-state index in [9.17, 15) is 9.90 Å². The highest BCUT2D eigenvalue weighted by molar-refractivity contribution is 5.79. The zero-order chi connectivity index (χ0) is 16.3. The maximum atomic E-state index is 11.4. The van der Waals surface area contributed by atoms with Crippen molar-refractivity contribution in [2.24, 2.45) is 12.5 Å². The van der Waals surface area contributed by atoms with Gasteiger partial charge in [0.2, 0.25) is 0 Å². The van der Waals surface area contributed by atoms with Gasteiger partial charge >= 0.3 is 5.97 Å². The molecule has 1 aromatic carbocycles. The van der Waals surface area contributed by atoms with Crippen LogP contribution in [0.4, 0.5) is 0 Å². The van der Waals surface area contributed by atoms with Crippen molar-refractivity contribution < 1.29 is 9.90 Å². The number of carboxylic acids is 1. The Morgan fingerprint density at radius 2 is 2.14 bits per heavy atom. The van der Waals surface area contributed by atoms with Crippen LogP contribution in [-0.4, -0.2) is 26.9 Å². The Labute approximate surface area is 131 Å². The molecule has 22 heavy (non-hydrogen) atoms. The van der Waals surface area contributed by atoms with Crippen molar-refractivity contribution in [1.82, 2.24) is 15.1 Å². The molecule has 0 amide bonds. The van der Waals surface area contributed by atoms with Crippen molar-refractivity contribution in [3.63, 3.8) is 0 Å². The van der Waals surface area contributed by atoms with Crippen LogP contribution in [0.25, 0.3) is 10.9 Å². The highest BCUT2D eigenvalue weighted by atomic mass is 16.4. The molecule has 0 saturated carbocycles. The summed E-state index contributed by atoms with van der Waals surface area (Å²) >= 11 is 0. The van der Waals surface area contributed by atoms with Crippen molar-refractivity contribution in [2.45, 2.75) is 46.2 Å². The first kappa shape index (κ1) is 16.5. The monoisotopic (exact) mass is 303 g/mol. The summed E-state index contributed by atoms with van der Waals surface area (Å²) in [7, 11) is 1.91. The highest BCUT2D eigenvalue weighted by Gasteiger charge is 2.20. The fourth-order valence-electron chi connectivity index (χ4n) is 2.43. The summed E-state index contributed by atoms with van der Waals surface area (Å²) in [5.74, 6) is -0.786. The van der Waals surface area contributed by atoms with Crippen LogP contribution in [0.15, 0.2) is 24.4 Å². The summed E-state index contributed by atoms with van der Waals surface area (Å²) in [6.45, 7) is 6.93. The molecule has 0 aliphatic rings. The van der Waals surface area contributed by atoms with Gasteiger partial charge in [0.15, 0.2) is 0 Å². The van der Waals surface area contributed by atoms with Gasteiger partial charge in [-0.15, -0.1) is 0 Å². The third-order valence-electron chi connectivity index (χ3n) is 3.85. The normalized spacial score (nSPS) is 13.5. The Morgan fingerprint density at radius 1 is 1.41 bits per heavy atom. The summed E-state index contributed by atoms with van der Waals surface area (Å²) in [5.41, 5.74) is 2.27. The number of nitrogens with zero attached hydrogens (tertiary/aromatic N) is 2. The first-order chi connectivity index (χ1) is 10.3. The topological polar surface area (TPSA) is 67.2 Å². The molecule has 1 heterocycles. The minimum atomic E-state index is -0.786. The van der Waals surface area contributed by atoms with Crippen LogP contribution in [-0.2, 0) is 18.4 Å². The van der Waals surface area contributed by atoms with Crippen LogP contribution in [0.5, 0.6) is 0 Å².